The molecule has 1 aromatic carbocycles. The van der Waals surface area contributed by atoms with Gasteiger partial charge in [-0.3, -0.25) is 0 Å². The minimum absolute atomic E-state index is 0. The Hall–Kier alpha value is -0.770. The van der Waals surface area contributed by atoms with Crippen molar-refractivity contribution in [2.75, 3.05) is 0 Å². The van der Waals surface area contributed by atoms with E-state index in [2.05, 4.69) is 0 Å². The summed E-state index contributed by atoms with van der Waals surface area (Å²) in [6.45, 7) is 3.89. The Labute approximate surface area is 103 Å². The second-order valence-corrected chi connectivity index (χ2v) is 3.94. The molecule has 0 aliphatic carbocycles. The molecule has 0 amide bonds. The molecule has 2 atom stereocenters. The van der Waals surface area contributed by atoms with Crippen LogP contribution in [0.2, 0.25) is 0 Å². The van der Waals surface area contributed by atoms with Crippen LogP contribution in [0.25, 0.3) is 0 Å². The number of aromatic hydroxyl groups is 1. The van der Waals surface area contributed by atoms with E-state index in [0.717, 1.165) is 12.0 Å². The molecule has 0 saturated heterocycles. The molecule has 0 unspecified atom stereocenters. The van der Waals surface area contributed by atoms with Crippen LogP contribution in [0.3, 0.4) is 0 Å². The van der Waals surface area contributed by atoms with Crippen LogP contribution in [-0.2, 0) is 0 Å². The van der Waals surface area contributed by atoms with Gasteiger partial charge < -0.3 is 15.9 Å². The molecular formula is C12H20ClNO2. The molecule has 0 aliphatic rings. The summed E-state index contributed by atoms with van der Waals surface area (Å²) in [5, 5.41) is 19.4. The van der Waals surface area contributed by atoms with Crippen molar-refractivity contribution < 1.29 is 10.2 Å². The SMILES string of the molecule is CCC[C@H](O)[C@H](N)c1ccc(C)cc1O.Cl. The Morgan fingerprint density at radius 1 is 1.38 bits per heavy atom. The van der Waals surface area contributed by atoms with Gasteiger partial charge in [0.05, 0.1) is 12.1 Å². The molecule has 0 saturated carbocycles. The molecule has 0 bridgehead atoms. The van der Waals surface area contributed by atoms with Gasteiger partial charge in [-0.25, -0.2) is 0 Å². The predicted octanol–water partition coefficient (Wildman–Crippen LogP) is 2.28. The highest BCUT2D eigenvalue weighted by Gasteiger charge is 2.18. The number of rotatable bonds is 4. The number of aliphatic hydroxyl groups is 1. The van der Waals surface area contributed by atoms with Gasteiger partial charge in [-0.1, -0.05) is 25.5 Å². The van der Waals surface area contributed by atoms with E-state index in [1.54, 1.807) is 12.1 Å². The summed E-state index contributed by atoms with van der Waals surface area (Å²) in [6.07, 6.45) is 0.930. The Balaban J connectivity index is 0.00000225. The van der Waals surface area contributed by atoms with Gasteiger partial charge in [-0.15, -0.1) is 12.4 Å². The van der Waals surface area contributed by atoms with E-state index in [4.69, 9.17) is 5.73 Å². The maximum absolute atomic E-state index is 9.73. The maximum Gasteiger partial charge on any atom is 0.120 e. The minimum Gasteiger partial charge on any atom is -0.508 e. The third kappa shape index (κ3) is 3.67. The van der Waals surface area contributed by atoms with Crippen molar-refractivity contribution in [1.82, 2.24) is 0 Å². The first-order chi connectivity index (χ1) is 7.06. The van der Waals surface area contributed by atoms with Crippen LogP contribution in [0.15, 0.2) is 18.2 Å². The Morgan fingerprint density at radius 2 is 2.00 bits per heavy atom. The summed E-state index contributed by atoms with van der Waals surface area (Å²) >= 11 is 0. The number of benzene rings is 1. The first-order valence-corrected chi connectivity index (χ1v) is 5.29. The van der Waals surface area contributed by atoms with Crippen molar-refractivity contribution in [1.29, 1.82) is 0 Å². The largest absolute Gasteiger partial charge is 0.508 e. The molecule has 0 spiro atoms. The van der Waals surface area contributed by atoms with E-state index >= 15 is 0 Å². The topological polar surface area (TPSA) is 66.5 Å². The smallest absolute Gasteiger partial charge is 0.120 e. The van der Waals surface area contributed by atoms with Crippen molar-refractivity contribution in [3.05, 3.63) is 29.3 Å². The Morgan fingerprint density at radius 3 is 2.50 bits per heavy atom. The molecule has 3 nitrogen and oxygen atoms in total. The summed E-state index contributed by atoms with van der Waals surface area (Å²) in [5.41, 5.74) is 7.46. The normalized spacial score (nSPS) is 14.0. The Kier molecular flexibility index (Phi) is 6.41. The number of phenols is 1. The van der Waals surface area contributed by atoms with Crippen LogP contribution in [0.1, 0.15) is 36.9 Å². The average molecular weight is 246 g/mol. The zero-order chi connectivity index (χ0) is 11.4. The summed E-state index contributed by atoms with van der Waals surface area (Å²) in [5.74, 6) is 0.164. The third-order valence-electron chi connectivity index (χ3n) is 2.54. The van der Waals surface area contributed by atoms with Crippen LogP contribution >= 0.6 is 12.4 Å². The highest BCUT2D eigenvalue weighted by molar-refractivity contribution is 5.85. The van der Waals surface area contributed by atoms with E-state index in [9.17, 15) is 10.2 Å². The summed E-state index contributed by atoms with van der Waals surface area (Å²) in [4.78, 5) is 0. The van der Waals surface area contributed by atoms with E-state index in [1.807, 2.05) is 19.9 Å². The van der Waals surface area contributed by atoms with Gasteiger partial charge in [0.1, 0.15) is 5.75 Å². The van der Waals surface area contributed by atoms with Gasteiger partial charge in [-0.2, -0.15) is 0 Å². The lowest BCUT2D eigenvalue weighted by molar-refractivity contribution is 0.133. The molecule has 0 fully saturated rings. The fraction of sp³-hybridized carbons (Fsp3) is 0.500. The van der Waals surface area contributed by atoms with Gasteiger partial charge in [0.2, 0.25) is 0 Å². The second kappa shape index (κ2) is 6.74. The van der Waals surface area contributed by atoms with Crippen molar-refractivity contribution in [2.45, 2.75) is 38.8 Å². The standard InChI is InChI=1S/C12H19NO2.ClH/c1-3-4-10(14)12(13)9-6-5-8(2)7-11(9)15;/h5-7,10,12,14-15H,3-4,13H2,1-2H3;1H/t10-,12+;/m0./s1. The number of aryl methyl sites for hydroxylation is 1. The van der Waals surface area contributed by atoms with Crippen LogP contribution in [0, 0.1) is 6.92 Å². The van der Waals surface area contributed by atoms with Crippen molar-refractivity contribution >= 4 is 12.4 Å². The minimum atomic E-state index is -0.594. The van der Waals surface area contributed by atoms with Crippen molar-refractivity contribution in [3.63, 3.8) is 0 Å². The number of hydrogen-bond acceptors (Lipinski definition) is 3. The first-order valence-electron chi connectivity index (χ1n) is 5.29. The molecule has 0 aromatic heterocycles. The van der Waals surface area contributed by atoms with E-state index in [-0.39, 0.29) is 18.2 Å². The molecule has 1 rings (SSSR count). The fourth-order valence-electron chi connectivity index (χ4n) is 1.62. The van der Waals surface area contributed by atoms with Gasteiger partial charge in [0, 0.05) is 5.56 Å². The second-order valence-electron chi connectivity index (χ2n) is 3.94. The van der Waals surface area contributed by atoms with Crippen LogP contribution in [-0.4, -0.2) is 16.3 Å². The van der Waals surface area contributed by atoms with Crippen LogP contribution in [0.5, 0.6) is 5.75 Å². The molecule has 0 heterocycles. The van der Waals surface area contributed by atoms with Gasteiger partial charge in [0.15, 0.2) is 0 Å². The molecular weight excluding hydrogens is 226 g/mol. The number of nitrogens with two attached hydrogens (primary N) is 1. The van der Waals surface area contributed by atoms with E-state index in [0.29, 0.717) is 12.0 Å². The van der Waals surface area contributed by atoms with Gasteiger partial charge >= 0.3 is 0 Å². The summed E-state index contributed by atoms with van der Waals surface area (Å²) < 4.78 is 0. The quantitative estimate of drug-likeness (QED) is 0.763. The predicted molar refractivity (Wildman–Crippen MR) is 67.9 cm³/mol. The molecule has 16 heavy (non-hydrogen) atoms. The van der Waals surface area contributed by atoms with Crippen molar-refractivity contribution in [2.24, 2.45) is 5.73 Å². The molecule has 1 aromatic rings. The molecule has 4 heteroatoms. The molecule has 0 aliphatic heterocycles. The zero-order valence-corrected chi connectivity index (χ0v) is 10.5. The van der Waals surface area contributed by atoms with E-state index in [1.165, 1.54) is 0 Å². The zero-order valence-electron chi connectivity index (χ0n) is 9.68. The number of halogens is 1. The molecule has 4 N–H and O–H groups in total. The van der Waals surface area contributed by atoms with Crippen molar-refractivity contribution in [3.8, 4) is 5.75 Å². The number of hydrogen-bond donors (Lipinski definition) is 3. The Bertz CT molecular complexity index is 331. The summed E-state index contributed by atoms with van der Waals surface area (Å²) in [7, 11) is 0. The molecule has 0 radical (unpaired) electrons. The summed E-state index contributed by atoms with van der Waals surface area (Å²) in [6, 6.07) is 4.81. The monoisotopic (exact) mass is 245 g/mol. The lowest BCUT2D eigenvalue weighted by Gasteiger charge is -2.19. The van der Waals surface area contributed by atoms with Gasteiger partial charge in [-0.05, 0) is 25.0 Å². The number of phenolic OH excluding ortho intramolecular Hbond substituents is 1. The van der Waals surface area contributed by atoms with Crippen LogP contribution in [0.4, 0.5) is 0 Å². The fourth-order valence-corrected chi connectivity index (χ4v) is 1.62. The van der Waals surface area contributed by atoms with Crippen LogP contribution < -0.4 is 5.73 Å². The third-order valence-corrected chi connectivity index (χ3v) is 2.54. The first kappa shape index (κ1) is 15.2. The highest BCUT2D eigenvalue weighted by atomic mass is 35.5. The van der Waals surface area contributed by atoms with Gasteiger partial charge in [0.25, 0.3) is 0 Å². The average Bonchev–Trinajstić information content (AvgIpc) is 2.17. The highest BCUT2D eigenvalue weighted by Crippen LogP contribution is 2.27. The molecule has 92 valence electrons. The number of aliphatic hydroxyl groups excluding tert-OH is 1. The lowest BCUT2D eigenvalue weighted by atomic mass is 9.97. The maximum atomic E-state index is 9.73. The van der Waals surface area contributed by atoms with E-state index < -0.39 is 12.1 Å². The lowest BCUT2D eigenvalue weighted by Crippen LogP contribution is -2.26.